The lowest BCUT2D eigenvalue weighted by Crippen LogP contribution is -2.35. The Morgan fingerprint density at radius 2 is 1.20 bits per heavy atom. The number of H-pyrrole nitrogens is 2. The topological polar surface area (TPSA) is 157 Å². The third-order valence-electron chi connectivity index (χ3n) is 10.4. The zero-order valence-electron chi connectivity index (χ0n) is 30.3. The Balaban J connectivity index is 0.944. The Morgan fingerprint density at radius 3 is 1.75 bits per heavy atom. The summed E-state index contributed by atoms with van der Waals surface area (Å²) in [6.45, 7) is 1.10. The Morgan fingerprint density at radius 1 is 0.691 bits per heavy atom. The number of aliphatic hydroxyl groups excluding tert-OH is 2. The Bertz CT molecular complexity index is 2260. The average molecular weight is 739 g/mol. The van der Waals surface area contributed by atoms with Crippen LogP contribution in [0.5, 0.6) is 17.2 Å². The first kappa shape index (κ1) is 35.8. The Labute approximate surface area is 318 Å². The third-order valence-corrected chi connectivity index (χ3v) is 10.4. The normalized spacial score (nSPS) is 17.9. The van der Waals surface area contributed by atoms with Crippen molar-refractivity contribution in [2.24, 2.45) is 0 Å². The van der Waals surface area contributed by atoms with Crippen LogP contribution < -0.4 is 9.47 Å². The van der Waals surface area contributed by atoms with E-state index in [1.807, 2.05) is 72.9 Å². The van der Waals surface area contributed by atoms with E-state index in [4.69, 9.17) is 19.4 Å². The van der Waals surface area contributed by atoms with Crippen LogP contribution in [0.15, 0.2) is 116 Å². The number of carbonyl (C=O) groups excluding carboxylic acids is 2. The molecular weight excluding hydrogens is 697 g/mol. The number of hydrogen-bond donors (Lipinski definition) is 4. The Hall–Kier alpha value is -6.24. The van der Waals surface area contributed by atoms with Gasteiger partial charge in [0.15, 0.2) is 12.2 Å². The number of rotatable bonds is 11. The largest absolute Gasteiger partial charge is 0.496 e. The molecule has 2 aliphatic heterocycles. The van der Waals surface area contributed by atoms with Crippen LogP contribution in [-0.2, 0) is 9.59 Å². The molecule has 0 spiro atoms. The maximum atomic E-state index is 13.3. The van der Waals surface area contributed by atoms with Crippen LogP contribution in [0.4, 0.5) is 0 Å². The minimum atomic E-state index is -1.24. The van der Waals surface area contributed by atoms with Crippen molar-refractivity contribution in [3.8, 4) is 39.8 Å². The van der Waals surface area contributed by atoms with Crippen LogP contribution in [0, 0.1) is 0 Å². The molecule has 0 saturated carbocycles. The average Bonchev–Trinajstić information content (AvgIpc) is 4.08. The zero-order valence-corrected chi connectivity index (χ0v) is 30.3. The van der Waals surface area contributed by atoms with Gasteiger partial charge in [-0.2, -0.15) is 0 Å². The van der Waals surface area contributed by atoms with Crippen molar-refractivity contribution in [2.75, 3.05) is 20.2 Å². The summed E-state index contributed by atoms with van der Waals surface area (Å²) in [5, 5.41) is 21.6. The number of carbonyl (C=O) groups is 2. The lowest BCUT2D eigenvalue weighted by Gasteiger charge is -2.25. The second kappa shape index (κ2) is 15.6. The monoisotopic (exact) mass is 738 g/mol. The third kappa shape index (κ3) is 7.34. The van der Waals surface area contributed by atoms with E-state index < -0.39 is 12.2 Å². The van der Waals surface area contributed by atoms with E-state index in [2.05, 4.69) is 9.97 Å². The highest BCUT2D eigenvalue weighted by Gasteiger charge is 2.37. The second-order valence-electron chi connectivity index (χ2n) is 13.8. The first-order chi connectivity index (χ1) is 26.9. The van der Waals surface area contributed by atoms with Crippen LogP contribution in [0.2, 0.25) is 0 Å². The van der Waals surface area contributed by atoms with Crippen molar-refractivity contribution < 1.29 is 29.3 Å². The smallest absolute Gasteiger partial charge is 0.256 e. The van der Waals surface area contributed by atoms with Gasteiger partial charge in [0.05, 0.1) is 30.6 Å². The summed E-state index contributed by atoms with van der Waals surface area (Å²) >= 11 is 0. The van der Waals surface area contributed by atoms with Gasteiger partial charge in [-0.25, -0.2) is 9.97 Å². The van der Waals surface area contributed by atoms with Crippen LogP contribution in [0.3, 0.4) is 0 Å². The summed E-state index contributed by atoms with van der Waals surface area (Å²) < 4.78 is 12.0. The van der Waals surface area contributed by atoms with Crippen molar-refractivity contribution in [2.45, 2.75) is 50.0 Å². The first-order valence-corrected chi connectivity index (χ1v) is 18.5. The first-order valence-electron chi connectivity index (χ1n) is 18.5. The van der Waals surface area contributed by atoms with Crippen molar-refractivity contribution >= 4 is 11.8 Å². The fourth-order valence-corrected chi connectivity index (χ4v) is 7.58. The number of likely N-dealkylation sites (tertiary alicyclic amines) is 2. The quantitative estimate of drug-likeness (QED) is 0.110. The van der Waals surface area contributed by atoms with Gasteiger partial charge >= 0.3 is 0 Å². The van der Waals surface area contributed by atoms with E-state index in [1.165, 1.54) is 0 Å². The minimum absolute atomic E-state index is 0.246. The van der Waals surface area contributed by atoms with Crippen molar-refractivity contribution in [3.05, 3.63) is 138 Å². The number of hydrogen-bond acceptors (Lipinski definition) is 8. The molecule has 2 saturated heterocycles. The molecule has 280 valence electrons. The van der Waals surface area contributed by atoms with Crippen molar-refractivity contribution in [3.63, 3.8) is 0 Å². The van der Waals surface area contributed by atoms with Gasteiger partial charge < -0.3 is 39.5 Å². The summed E-state index contributed by atoms with van der Waals surface area (Å²) in [6.07, 6.45) is 4.29. The van der Waals surface area contributed by atoms with E-state index in [0.29, 0.717) is 58.8 Å². The molecule has 12 nitrogen and oxygen atoms in total. The highest BCUT2D eigenvalue weighted by molar-refractivity contribution is 5.83. The molecule has 2 aliphatic rings. The molecule has 6 aromatic rings. The fourth-order valence-electron chi connectivity index (χ4n) is 7.58. The summed E-state index contributed by atoms with van der Waals surface area (Å²) in [7, 11) is 1.60. The van der Waals surface area contributed by atoms with Crippen molar-refractivity contribution in [1.82, 2.24) is 29.7 Å². The predicted octanol–water partition coefficient (Wildman–Crippen LogP) is 7.06. The molecule has 0 aliphatic carbocycles. The predicted molar refractivity (Wildman–Crippen MR) is 205 cm³/mol. The molecule has 4 aromatic carbocycles. The molecule has 4 N–H and O–H groups in total. The maximum absolute atomic E-state index is 13.3. The van der Waals surface area contributed by atoms with E-state index in [-0.39, 0.29) is 23.9 Å². The minimum Gasteiger partial charge on any atom is -0.496 e. The SMILES string of the molecule is COc1ccc(Oc2ccc(-c3c[nH]c([C@@H]4CCCN4C(=O)[C@@H](O)c4ccccc4)n3)cc2)cc1-c1c[nH]c([C@@H]2CCCN2C(=O)[C@@H](O)c2ccccc2)n1. The van der Waals surface area contributed by atoms with Gasteiger partial charge in [-0.1, -0.05) is 60.7 Å². The van der Waals surface area contributed by atoms with E-state index in [0.717, 1.165) is 42.5 Å². The number of ether oxygens (including phenoxy) is 2. The molecule has 2 amide bonds. The number of methoxy groups -OCH3 is 1. The highest BCUT2D eigenvalue weighted by Crippen LogP contribution is 2.38. The number of aliphatic hydroxyl groups is 2. The molecule has 4 atom stereocenters. The molecule has 2 aromatic heterocycles. The molecule has 8 rings (SSSR count). The molecule has 12 heteroatoms. The maximum Gasteiger partial charge on any atom is 0.256 e. The fraction of sp³-hybridized carbons (Fsp3) is 0.256. The van der Waals surface area contributed by atoms with Gasteiger partial charge in [0.25, 0.3) is 11.8 Å². The molecule has 0 bridgehead atoms. The zero-order chi connectivity index (χ0) is 37.9. The number of benzene rings is 4. The van der Waals surface area contributed by atoms with E-state index in [1.54, 1.807) is 59.5 Å². The molecule has 0 radical (unpaired) electrons. The standard InChI is InChI=1S/C43H42N6O6/c1-54-37-21-20-31(24-32(37)34-26-45-41(47-34)36-15-9-23-49(36)43(53)39(51)29-12-6-3-7-13-29)55-30-18-16-27(17-19-30)33-25-44-40(46-33)35-14-8-22-48(35)42(52)38(50)28-10-4-2-5-11-28/h2-7,10-13,16-21,24-26,35-36,38-39,50-51H,8-9,14-15,22-23H2,1H3,(H,44,46)(H,45,47)/t35-,36-,38-,39-/m0/s1. The number of aromatic amines is 2. The lowest BCUT2D eigenvalue weighted by atomic mass is 10.1. The van der Waals surface area contributed by atoms with Crippen LogP contribution >= 0.6 is 0 Å². The van der Waals surface area contributed by atoms with Gasteiger partial charge in [-0.05, 0) is 79.3 Å². The van der Waals surface area contributed by atoms with Gasteiger partial charge in [0, 0.05) is 36.6 Å². The lowest BCUT2D eigenvalue weighted by molar-refractivity contribution is -0.142. The molecular formula is C43H42N6O6. The number of imidazole rings is 2. The van der Waals surface area contributed by atoms with Gasteiger partial charge in [0.2, 0.25) is 0 Å². The van der Waals surface area contributed by atoms with Gasteiger partial charge in [0.1, 0.15) is 28.9 Å². The Kier molecular flexibility index (Phi) is 10.2. The summed E-state index contributed by atoms with van der Waals surface area (Å²) in [5.74, 6) is 2.49. The van der Waals surface area contributed by atoms with E-state index >= 15 is 0 Å². The summed E-state index contributed by atoms with van der Waals surface area (Å²) in [4.78, 5) is 46.3. The van der Waals surface area contributed by atoms with Crippen LogP contribution in [0.1, 0.15) is 72.8 Å². The molecule has 0 unspecified atom stereocenters. The van der Waals surface area contributed by atoms with Crippen LogP contribution in [0.25, 0.3) is 22.5 Å². The molecule has 2 fully saturated rings. The number of nitrogens with zero attached hydrogens (tertiary/aromatic N) is 4. The molecule has 55 heavy (non-hydrogen) atoms. The summed E-state index contributed by atoms with van der Waals surface area (Å²) in [6, 6.07) is 30.5. The van der Waals surface area contributed by atoms with Gasteiger partial charge in [-0.15, -0.1) is 0 Å². The van der Waals surface area contributed by atoms with Crippen LogP contribution in [-0.4, -0.2) is 72.0 Å². The van der Waals surface area contributed by atoms with E-state index in [9.17, 15) is 19.8 Å². The summed E-state index contributed by atoms with van der Waals surface area (Å²) in [5.41, 5.74) is 4.12. The number of amides is 2. The number of nitrogens with one attached hydrogen (secondary N) is 2. The van der Waals surface area contributed by atoms with Crippen molar-refractivity contribution in [1.29, 1.82) is 0 Å². The van der Waals surface area contributed by atoms with Gasteiger partial charge in [-0.3, -0.25) is 9.59 Å². The second-order valence-corrected chi connectivity index (χ2v) is 13.8. The highest BCUT2D eigenvalue weighted by atomic mass is 16.5. The number of aromatic nitrogens is 4. The molecule has 4 heterocycles.